The molecule has 0 fully saturated rings. The van der Waals surface area contributed by atoms with Gasteiger partial charge in [-0.15, -0.1) is 0 Å². The monoisotopic (exact) mass is 139 g/mol. The summed E-state index contributed by atoms with van der Waals surface area (Å²) in [6, 6.07) is 8.86. The summed E-state index contributed by atoms with van der Waals surface area (Å²) in [4.78, 5) is 0. The van der Waals surface area contributed by atoms with Crippen molar-refractivity contribution in [1.82, 2.24) is 0 Å². The van der Waals surface area contributed by atoms with Gasteiger partial charge in [-0.2, -0.15) is 0 Å². The molecule has 1 aromatic rings. The fourth-order valence-electron chi connectivity index (χ4n) is 0.723. The fourth-order valence-corrected chi connectivity index (χ4v) is 0.723. The highest BCUT2D eigenvalue weighted by Gasteiger charge is 2.00. The standard InChI is InChI=1S/C8H8FO/c9-8(10)6-7-4-2-1-3-5-7/h1-6,8,10H. The molecule has 1 nitrogen and oxygen atoms in total. The van der Waals surface area contributed by atoms with Crippen LogP contribution in [0.2, 0.25) is 0 Å². The van der Waals surface area contributed by atoms with Crippen LogP contribution in [0.15, 0.2) is 30.3 Å². The second kappa shape index (κ2) is 3.32. The van der Waals surface area contributed by atoms with Crippen LogP contribution in [-0.2, 0) is 0 Å². The minimum atomic E-state index is -1.86. The van der Waals surface area contributed by atoms with Gasteiger partial charge in [-0.3, -0.25) is 0 Å². The van der Waals surface area contributed by atoms with Crippen molar-refractivity contribution in [2.75, 3.05) is 0 Å². The van der Waals surface area contributed by atoms with E-state index >= 15 is 0 Å². The first kappa shape index (κ1) is 7.22. The minimum Gasteiger partial charge on any atom is -0.364 e. The molecule has 0 heterocycles. The van der Waals surface area contributed by atoms with Crippen LogP contribution in [0, 0.1) is 6.42 Å². The van der Waals surface area contributed by atoms with E-state index in [-0.39, 0.29) is 0 Å². The molecule has 0 aliphatic rings. The van der Waals surface area contributed by atoms with Crippen molar-refractivity contribution < 1.29 is 9.50 Å². The highest BCUT2D eigenvalue weighted by atomic mass is 19.1. The van der Waals surface area contributed by atoms with Gasteiger partial charge in [0.1, 0.15) is 0 Å². The summed E-state index contributed by atoms with van der Waals surface area (Å²) in [5.74, 6) is 0. The van der Waals surface area contributed by atoms with Crippen molar-refractivity contribution in [2.24, 2.45) is 0 Å². The van der Waals surface area contributed by atoms with Gasteiger partial charge < -0.3 is 5.11 Å². The van der Waals surface area contributed by atoms with Crippen molar-refractivity contribution in [3.63, 3.8) is 0 Å². The summed E-state index contributed by atoms with van der Waals surface area (Å²) in [5.41, 5.74) is 0.692. The fraction of sp³-hybridized carbons (Fsp3) is 0.125. The van der Waals surface area contributed by atoms with Gasteiger partial charge in [-0.05, 0) is 5.56 Å². The lowest BCUT2D eigenvalue weighted by atomic mass is 10.2. The second-order valence-corrected chi connectivity index (χ2v) is 1.95. The maximum atomic E-state index is 11.9. The van der Waals surface area contributed by atoms with E-state index in [2.05, 4.69) is 0 Å². The van der Waals surface area contributed by atoms with E-state index in [1.165, 1.54) is 0 Å². The molecular weight excluding hydrogens is 131 g/mol. The summed E-state index contributed by atoms with van der Waals surface area (Å²) in [6.45, 7) is 0. The van der Waals surface area contributed by atoms with Crippen molar-refractivity contribution in [2.45, 2.75) is 6.36 Å². The average molecular weight is 139 g/mol. The normalized spacial score (nSPS) is 13.0. The largest absolute Gasteiger partial charge is 0.364 e. The molecule has 0 spiro atoms. The Bertz CT molecular complexity index is 184. The van der Waals surface area contributed by atoms with E-state index in [9.17, 15) is 4.39 Å². The Morgan fingerprint density at radius 3 is 2.40 bits per heavy atom. The zero-order chi connectivity index (χ0) is 7.40. The third-order valence-corrected chi connectivity index (χ3v) is 1.13. The van der Waals surface area contributed by atoms with Gasteiger partial charge in [0.25, 0.3) is 0 Å². The van der Waals surface area contributed by atoms with Crippen LogP contribution in [0.1, 0.15) is 5.56 Å². The summed E-state index contributed by atoms with van der Waals surface area (Å²) in [5, 5.41) is 8.28. The van der Waals surface area contributed by atoms with Crippen LogP contribution >= 0.6 is 0 Å². The van der Waals surface area contributed by atoms with Crippen LogP contribution < -0.4 is 0 Å². The molecular formula is C8H8FO. The maximum Gasteiger partial charge on any atom is 0.204 e. The molecule has 1 aromatic carbocycles. The lowest BCUT2D eigenvalue weighted by Crippen LogP contribution is -1.98. The molecule has 0 aliphatic heterocycles. The van der Waals surface area contributed by atoms with E-state index in [1.807, 2.05) is 6.07 Å². The number of hydrogen-bond donors (Lipinski definition) is 1. The number of rotatable bonds is 2. The Hall–Kier alpha value is -0.890. The van der Waals surface area contributed by atoms with Crippen LogP contribution in [0.5, 0.6) is 0 Å². The summed E-state index contributed by atoms with van der Waals surface area (Å²) >= 11 is 0. The predicted octanol–water partition coefficient (Wildman–Crippen LogP) is 1.53. The van der Waals surface area contributed by atoms with Crippen LogP contribution in [0.25, 0.3) is 0 Å². The molecule has 0 bridgehead atoms. The first-order valence-corrected chi connectivity index (χ1v) is 3.01. The quantitative estimate of drug-likeness (QED) is 0.658. The third-order valence-electron chi connectivity index (χ3n) is 1.13. The average Bonchev–Trinajstić information content (AvgIpc) is 1.88. The lowest BCUT2D eigenvalue weighted by Gasteiger charge is -1.98. The van der Waals surface area contributed by atoms with E-state index in [1.54, 1.807) is 24.3 Å². The van der Waals surface area contributed by atoms with E-state index in [0.717, 1.165) is 6.42 Å². The molecule has 0 amide bonds. The molecule has 2 heteroatoms. The van der Waals surface area contributed by atoms with Crippen molar-refractivity contribution in [3.05, 3.63) is 42.3 Å². The molecule has 0 saturated heterocycles. The Labute approximate surface area is 59.1 Å². The predicted molar refractivity (Wildman–Crippen MR) is 37.0 cm³/mol. The summed E-state index contributed by atoms with van der Waals surface area (Å²) in [7, 11) is 0. The maximum absolute atomic E-state index is 11.9. The second-order valence-electron chi connectivity index (χ2n) is 1.95. The van der Waals surface area contributed by atoms with Crippen LogP contribution in [-0.4, -0.2) is 11.5 Å². The van der Waals surface area contributed by atoms with Crippen LogP contribution in [0.4, 0.5) is 4.39 Å². The highest BCUT2D eigenvalue weighted by molar-refractivity contribution is 5.22. The van der Waals surface area contributed by atoms with Crippen LogP contribution in [0.3, 0.4) is 0 Å². The number of aliphatic hydroxyl groups excluding tert-OH is 1. The van der Waals surface area contributed by atoms with E-state index < -0.39 is 6.36 Å². The minimum absolute atomic E-state index is 0.692. The van der Waals surface area contributed by atoms with Gasteiger partial charge in [0.2, 0.25) is 6.36 Å². The first-order chi connectivity index (χ1) is 4.79. The Kier molecular flexibility index (Phi) is 2.40. The number of halogens is 1. The van der Waals surface area contributed by atoms with Crippen molar-refractivity contribution in [3.8, 4) is 0 Å². The van der Waals surface area contributed by atoms with Crippen molar-refractivity contribution in [1.29, 1.82) is 0 Å². The van der Waals surface area contributed by atoms with Gasteiger partial charge in [0, 0.05) is 0 Å². The Morgan fingerprint density at radius 2 is 1.90 bits per heavy atom. The lowest BCUT2D eigenvalue weighted by molar-refractivity contribution is 0.0760. The number of benzene rings is 1. The summed E-state index contributed by atoms with van der Waals surface area (Å²) < 4.78 is 11.9. The Balaban J connectivity index is 2.59. The SMILES string of the molecule is OC(F)[CH]c1ccccc1. The number of hydrogen-bond acceptors (Lipinski definition) is 1. The van der Waals surface area contributed by atoms with Gasteiger partial charge in [0.15, 0.2) is 0 Å². The molecule has 10 heavy (non-hydrogen) atoms. The third kappa shape index (κ3) is 2.15. The topological polar surface area (TPSA) is 20.2 Å². The molecule has 0 aromatic heterocycles. The smallest absolute Gasteiger partial charge is 0.204 e. The molecule has 1 atom stereocenters. The van der Waals surface area contributed by atoms with Gasteiger partial charge in [0.05, 0.1) is 6.42 Å². The number of alkyl halides is 1. The molecule has 0 saturated carbocycles. The van der Waals surface area contributed by atoms with Crippen molar-refractivity contribution >= 4 is 0 Å². The van der Waals surface area contributed by atoms with Gasteiger partial charge >= 0.3 is 0 Å². The zero-order valence-electron chi connectivity index (χ0n) is 5.37. The van der Waals surface area contributed by atoms with E-state index in [4.69, 9.17) is 5.11 Å². The first-order valence-electron chi connectivity index (χ1n) is 3.01. The van der Waals surface area contributed by atoms with Gasteiger partial charge in [-0.25, -0.2) is 4.39 Å². The molecule has 1 rings (SSSR count). The molecule has 53 valence electrons. The van der Waals surface area contributed by atoms with E-state index in [0.29, 0.717) is 5.56 Å². The Morgan fingerprint density at radius 1 is 1.30 bits per heavy atom. The highest BCUT2D eigenvalue weighted by Crippen LogP contribution is 2.05. The molecule has 1 unspecified atom stereocenters. The molecule has 0 aliphatic carbocycles. The summed E-state index contributed by atoms with van der Waals surface area (Å²) in [6.07, 6.45) is -0.720. The molecule has 1 N–H and O–H groups in total. The zero-order valence-corrected chi connectivity index (χ0v) is 5.37. The molecule has 1 radical (unpaired) electrons. The number of aliphatic hydroxyl groups is 1. The van der Waals surface area contributed by atoms with Gasteiger partial charge in [-0.1, -0.05) is 30.3 Å².